The summed E-state index contributed by atoms with van der Waals surface area (Å²) < 4.78 is 35.3. The maximum atomic E-state index is 15.0. The molecule has 2 unspecified atom stereocenters. The average molecular weight is 487 g/mol. The second kappa shape index (κ2) is 14.5. The topological polar surface area (TPSA) is 35.0 Å². The molecule has 1 aromatic heterocycles. The number of aromatic nitrogens is 2. The number of nitrogens with zero attached hydrogens (tertiary/aromatic N) is 2. The highest BCUT2D eigenvalue weighted by atomic mass is 19.2. The molecule has 0 bridgehead atoms. The van der Waals surface area contributed by atoms with Crippen molar-refractivity contribution in [3.8, 4) is 5.75 Å². The molecule has 3 rings (SSSR count). The van der Waals surface area contributed by atoms with Crippen molar-refractivity contribution in [2.75, 3.05) is 6.61 Å². The van der Waals surface area contributed by atoms with E-state index in [2.05, 4.69) is 30.7 Å². The van der Waals surface area contributed by atoms with Crippen molar-refractivity contribution in [1.29, 1.82) is 0 Å². The number of unbranched alkanes of at least 4 members (excludes halogenated alkanes) is 6. The van der Waals surface area contributed by atoms with Crippen molar-refractivity contribution >= 4 is 0 Å². The van der Waals surface area contributed by atoms with E-state index in [4.69, 9.17) is 4.74 Å². The standard InChI is InChI=1S/C30H44F2N2O/c1-4-6-7-8-9-12-17-35-27-19-24-15-16-25(18-26(24)28(31)29(27)32)30-33-20-23(21-34-30)14-11-10-13-22(3)5-2/h19-22,25H,4-18H2,1-3H3. The van der Waals surface area contributed by atoms with E-state index in [0.29, 0.717) is 25.0 Å². The van der Waals surface area contributed by atoms with E-state index < -0.39 is 11.6 Å². The Labute approximate surface area is 211 Å². The molecule has 1 heterocycles. The Morgan fingerprint density at radius 1 is 0.971 bits per heavy atom. The molecule has 5 heteroatoms. The normalized spacial score (nSPS) is 16.2. The Morgan fingerprint density at radius 2 is 1.71 bits per heavy atom. The summed E-state index contributed by atoms with van der Waals surface area (Å²) in [5, 5.41) is 0. The van der Waals surface area contributed by atoms with E-state index in [1.165, 1.54) is 44.9 Å². The van der Waals surface area contributed by atoms with E-state index in [-0.39, 0.29) is 11.7 Å². The molecular formula is C30H44F2N2O. The number of fused-ring (bicyclic) bond motifs is 1. The number of rotatable bonds is 15. The minimum absolute atomic E-state index is 0.0192. The molecular weight excluding hydrogens is 442 g/mol. The van der Waals surface area contributed by atoms with Gasteiger partial charge in [-0.3, -0.25) is 0 Å². The quantitative estimate of drug-likeness (QED) is 0.237. The van der Waals surface area contributed by atoms with Crippen LogP contribution in [0.15, 0.2) is 18.5 Å². The second-order valence-electron chi connectivity index (χ2n) is 10.4. The maximum Gasteiger partial charge on any atom is 0.200 e. The van der Waals surface area contributed by atoms with Crippen LogP contribution in [-0.2, 0) is 19.3 Å². The Bertz CT molecular complexity index is 900. The molecule has 1 aliphatic carbocycles. The third-order valence-electron chi connectivity index (χ3n) is 7.53. The van der Waals surface area contributed by atoms with Crippen LogP contribution >= 0.6 is 0 Å². The molecule has 0 fully saturated rings. The van der Waals surface area contributed by atoms with E-state index in [1.54, 1.807) is 6.07 Å². The van der Waals surface area contributed by atoms with Gasteiger partial charge in [0.1, 0.15) is 5.82 Å². The summed E-state index contributed by atoms with van der Waals surface area (Å²) >= 11 is 0. The Morgan fingerprint density at radius 3 is 2.46 bits per heavy atom. The van der Waals surface area contributed by atoms with Crippen molar-refractivity contribution in [2.24, 2.45) is 5.92 Å². The maximum absolute atomic E-state index is 15.0. The highest BCUT2D eigenvalue weighted by Gasteiger charge is 2.28. The fourth-order valence-corrected chi connectivity index (χ4v) is 4.93. The van der Waals surface area contributed by atoms with Gasteiger partial charge in [-0.2, -0.15) is 4.39 Å². The van der Waals surface area contributed by atoms with E-state index in [1.807, 2.05) is 12.4 Å². The molecule has 2 aromatic rings. The molecule has 194 valence electrons. The van der Waals surface area contributed by atoms with E-state index in [9.17, 15) is 8.78 Å². The van der Waals surface area contributed by atoms with Crippen molar-refractivity contribution in [1.82, 2.24) is 9.97 Å². The lowest BCUT2D eigenvalue weighted by Gasteiger charge is -2.25. The van der Waals surface area contributed by atoms with Crippen LogP contribution < -0.4 is 4.74 Å². The predicted octanol–water partition coefficient (Wildman–Crippen LogP) is 8.53. The summed E-state index contributed by atoms with van der Waals surface area (Å²) in [5.74, 6) is -0.0155. The van der Waals surface area contributed by atoms with Gasteiger partial charge >= 0.3 is 0 Å². The largest absolute Gasteiger partial charge is 0.490 e. The first-order chi connectivity index (χ1) is 17.0. The number of ether oxygens (including phenoxy) is 1. The monoisotopic (exact) mass is 486 g/mol. The molecule has 2 atom stereocenters. The zero-order valence-electron chi connectivity index (χ0n) is 22.1. The second-order valence-corrected chi connectivity index (χ2v) is 10.4. The molecule has 3 nitrogen and oxygen atoms in total. The minimum atomic E-state index is -0.857. The van der Waals surface area contributed by atoms with Gasteiger partial charge in [-0.1, -0.05) is 72.1 Å². The third kappa shape index (κ3) is 8.25. The van der Waals surface area contributed by atoms with Crippen LogP contribution in [-0.4, -0.2) is 16.6 Å². The molecule has 0 saturated carbocycles. The van der Waals surface area contributed by atoms with Crippen LogP contribution in [0.5, 0.6) is 5.75 Å². The third-order valence-corrected chi connectivity index (χ3v) is 7.53. The van der Waals surface area contributed by atoms with Gasteiger partial charge in [-0.15, -0.1) is 0 Å². The molecule has 1 aromatic carbocycles. The van der Waals surface area contributed by atoms with Gasteiger partial charge in [0.2, 0.25) is 5.82 Å². The molecule has 35 heavy (non-hydrogen) atoms. The average Bonchev–Trinajstić information content (AvgIpc) is 2.88. The van der Waals surface area contributed by atoms with E-state index in [0.717, 1.165) is 55.0 Å². The van der Waals surface area contributed by atoms with Crippen LogP contribution in [0.3, 0.4) is 0 Å². The number of halogens is 2. The number of hydrogen-bond donors (Lipinski definition) is 0. The smallest absolute Gasteiger partial charge is 0.200 e. The van der Waals surface area contributed by atoms with Crippen LogP contribution in [0.1, 0.15) is 120 Å². The summed E-state index contributed by atoms with van der Waals surface area (Å²) in [5.41, 5.74) is 2.47. The highest BCUT2D eigenvalue weighted by Crippen LogP contribution is 2.36. The summed E-state index contributed by atoms with van der Waals surface area (Å²) in [6, 6.07) is 1.71. The molecule has 0 radical (unpaired) electrons. The van der Waals surface area contributed by atoms with Gasteiger partial charge in [0.25, 0.3) is 0 Å². The van der Waals surface area contributed by atoms with Gasteiger partial charge < -0.3 is 4.74 Å². The van der Waals surface area contributed by atoms with Gasteiger partial charge in [0.15, 0.2) is 11.6 Å². The number of benzene rings is 1. The zero-order chi connectivity index (χ0) is 25.0. The summed E-state index contributed by atoms with van der Waals surface area (Å²) in [6.45, 7) is 7.17. The summed E-state index contributed by atoms with van der Waals surface area (Å²) in [7, 11) is 0. The van der Waals surface area contributed by atoms with Gasteiger partial charge in [-0.25, -0.2) is 14.4 Å². The van der Waals surface area contributed by atoms with Crippen molar-refractivity contribution < 1.29 is 13.5 Å². The Kier molecular flexibility index (Phi) is 11.4. The first kappa shape index (κ1) is 27.5. The lowest BCUT2D eigenvalue weighted by molar-refractivity contribution is 0.283. The molecule has 1 aliphatic rings. The van der Waals surface area contributed by atoms with Crippen LogP contribution in [0, 0.1) is 17.6 Å². The lowest BCUT2D eigenvalue weighted by atomic mass is 9.83. The van der Waals surface area contributed by atoms with Gasteiger partial charge in [0, 0.05) is 18.3 Å². The zero-order valence-corrected chi connectivity index (χ0v) is 22.1. The Hall–Kier alpha value is -2.04. The van der Waals surface area contributed by atoms with Gasteiger partial charge in [-0.05, 0) is 67.2 Å². The van der Waals surface area contributed by atoms with Crippen molar-refractivity contribution in [3.05, 3.63) is 52.6 Å². The van der Waals surface area contributed by atoms with Gasteiger partial charge in [0.05, 0.1) is 6.61 Å². The molecule has 0 aliphatic heterocycles. The molecule has 0 saturated heterocycles. The SMILES string of the molecule is CCCCCCCCOc1cc2c(c(F)c1F)CC(c1ncc(CCCCC(C)CC)cn1)CC2. The highest BCUT2D eigenvalue weighted by molar-refractivity contribution is 5.41. The van der Waals surface area contributed by atoms with Crippen LogP contribution in [0.25, 0.3) is 0 Å². The van der Waals surface area contributed by atoms with Crippen LogP contribution in [0.2, 0.25) is 0 Å². The minimum Gasteiger partial charge on any atom is -0.490 e. The van der Waals surface area contributed by atoms with Crippen LogP contribution in [0.4, 0.5) is 8.78 Å². The van der Waals surface area contributed by atoms with E-state index >= 15 is 0 Å². The van der Waals surface area contributed by atoms with Crippen molar-refractivity contribution in [2.45, 2.75) is 117 Å². The summed E-state index contributed by atoms with van der Waals surface area (Å²) in [6.07, 6.45) is 18.5. The first-order valence-electron chi connectivity index (χ1n) is 14.0. The predicted molar refractivity (Wildman–Crippen MR) is 139 cm³/mol. The lowest BCUT2D eigenvalue weighted by Crippen LogP contribution is -2.18. The fourth-order valence-electron chi connectivity index (χ4n) is 4.93. The summed E-state index contributed by atoms with van der Waals surface area (Å²) in [4.78, 5) is 9.20. The molecule has 0 spiro atoms. The molecule has 0 amide bonds. The number of aryl methyl sites for hydroxylation is 2. The Balaban J connectivity index is 1.52. The van der Waals surface area contributed by atoms with Crippen molar-refractivity contribution in [3.63, 3.8) is 0 Å². The first-order valence-corrected chi connectivity index (χ1v) is 14.0. The fraction of sp³-hybridized carbons (Fsp3) is 0.667. The number of hydrogen-bond acceptors (Lipinski definition) is 3. The molecule has 0 N–H and O–H groups in total.